The molecule has 0 atom stereocenters. The van der Waals surface area contributed by atoms with Gasteiger partial charge < -0.3 is 0 Å². The second kappa shape index (κ2) is 7.58. The number of hydrogen-bond donors (Lipinski definition) is 0. The smallest absolute Gasteiger partial charge is 0.153 e. The summed E-state index contributed by atoms with van der Waals surface area (Å²) in [4.78, 5) is 15.1. The van der Waals surface area contributed by atoms with Crippen molar-refractivity contribution in [1.29, 1.82) is 0 Å². The van der Waals surface area contributed by atoms with Crippen LogP contribution in [0.4, 0.5) is 0 Å². The van der Waals surface area contributed by atoms with Crippen molar-refractivity contribution in [3.63, 3.8) is 0 Å². The number of Topliss-reactive ketones (excluding diaryl/α,β-unsaturated/α-hetero) is 1. The largest absolute Gasteiger partial charge is 0.298 e. The Morgan fingerprint density at radius 2 is 1.85 bits per heavy atom. The van der Waals surface area contributed by atoms with Crippen LogP contribution in [-0.4, -0.2) is 39.1 Å². The first-order valence-corrected chi connectivity index (χ1v) is 7.79. The van der Waals surface area contributed by atoms with Crippen LogP contribution in [0.1, 0.15) is 52.5 Å². The van der Waals surface area contributed by atoms with Gasteiger partial charge in [0.15, 0.2) is 5.78 Å². The van der Waals surface area contributed by atoms with Gasteiger partial charge in [0.05, 0.1) is 11.7 Å². The van der Waals surface area contributed by atoms with Gasteiger partial charge in [-0.15, -0.1) is 0 Å². The first-order valence-electron chi connectivity index (χ1n) is 7.79. The van der Waals surface area contributed by atoms with E-state index in [2.05, 4.69) is 37.7 Å². The number of hydrogen-bond acceptors (Lipinski definition) is 3. The zero-order valence-corrected chi connectivity index (χ0v) is 13.6. The fourth-order valence-corrected chi connectivity index (χ4v) is 3.19. The second-order valence-electron chi connectivity index (χ2n) is 5.36. The quantitative estimate of drug-likeness (QED) is 0.697. The molecule has 114 valence electrons. The molecule has 0 bridgehead atoms. The third-order valence-electron chi connectivity index (χ3n) is 4.46. The SMILES string of the molecule is CCN(CC)C(CC)(CC)C(=O)CCc1cnn(C)c1. The van der Waals surface area contributed by atoms with Crippen molar-refractivity contribution < 1.29 is 4.79 Å². The Morgan fingerprint density at radius 1 is 1.25 bits per heavy atom. The molecule has 20 heavy (non-hydrogen) atoms. The van der Waals surface area contributed by atoms with Gasteiger partial charge in [-0.2, -0.15) is 5.10 Å². The molecule has 0 aliphatic heterocycles. The summed E-state index contributed by atoms with van der Waals surface area (Å²) in [5.74, 6) is 0.370. The van der Waals surface area contributed by atoms with Crippen LogP contribution in [0.5, 0.6) is 0 Å². The van der Waals surface area contributed by atoms with Crippen LogP contribution >= 0.6 is 0 Å². The summed E-state index contributed by atoms with van der Waals surface area (Å²) in [6.45, 7) is 10.4. The van der Waals surface area contributed by atoms with Gasteiger partial charge in [-0.05, 0) is 37.9 Å². The van der Waals surface area contributed by atoms with Crippen LogP contribution in [0, 0.1) is 0 Å². The predicted molar refractivity (Wildman–Crippen MR) is 82.8 cm³/mol. The highest BCUT2D eigenvalue weighted by atomic mass is 16.1. The van der Waals surface area contributed by atoms with Crippen molar-refractivity contribution in [3.8, 4) is 0 Å². The van der Waals surface area contributed by atoms with E-state index in [0.29, 0.717) is 12.2 Å². The molecule has 1 aromatic heterocycles. The van der Waals surface area contributed by atoms with Crippen molar-refractivity contribution in [3.05, 3.63) is 18.0 Å². The van der Waals surface area contributed by atoms with Crippen molar-refractivity contribution in [2.24, 2.45) is 7.05 Å². The lowest BCUT2D eigenvalue weighted by Crippen LogP contribution is -2.53. The minimum atomic E-state index is -0.286. The number of carbonyl (C=O) groups is 1. The number of ketones is 1. The minimum Gasteiger partial charge on any atom is -0.298 e. The molecule has 1 heterocycles. The molecule has 1 rings (SSSR count). The van der Waals surface area contributed by atoms with Crippen molar-refractivity contribution in [2.75, 3.05) is 13.1 Å². The van der Waals surface area contributed by atoms with E-state index in [1.165, 1.54) is 0 Å². The van der Waals surface area contributed by atoms with Crippen molar-refractivity contribution in [1.82, 2.24) is 14.7 Å². The third-order valence-corrected chi connectivity index (χ3v) is 4.46. The molecule has 0 aliphatic rings. The van der Waals surface area contributed by atoms with E-state index in [4.69, 9.17) is 0 Å². The Labute approximate surface area is 123 Å². The van der Waals surface area contributed by atoms with E-state index < -0.39 is 0 Å². The van der Waals surface area contributed by atoms with Gasteiger partial charge in [0, 0.05) is 19.7 Å². The molecule has 0 spiro atoms. The molecule has 4 heteroatoms. The molecular formula is C16H29N3O. The highest BCUT2D eigenvalue weighted by Crippen LogP contribution is 2.27. The third kappa shape index (κ3) is 3.48. The van der Waals surface area contributed by atoms with Crippen LogP contribution < -0.4 is 0 Å². The lowest BCUT2D eigenvalue weighted by molar-refractivity contribution is -0.132. The van der Waals surface area contributed by atoms with E-state index >= 15 is 0 Å². The van der Waals surface area contributed by atoms with Gasteiger partial charge in [0.2, 0.25) is 0 Å². The molecule has 0 N–H and O–H groups in total. The van der Waals surface area contributed by atoms with E-state index in [-0.39, 0.29) is 5.54 Å². The molecule has 0 saturated carbocycles. The van der Waals surface area contributed by atoms with Gasteiger partial charge in [-0.3, -0.25) is 14.4 Å². The summed E-state index contributed by atoms with van der Waals surface area (Å²) in [5.41, 5.74) is 0.854. The summed E-state index contributed by atoms with van der Waals surface area (Å²) in [5, 5.41) is 4.16. The fraction of sp³-hybridized carbons (Fsp3) is 0.750. The van der Waals surface area contributed by atoms with Gasteiger partial charge in [-0.25, -0.2) is 0 Å². The molecule has 0 aliphatic carbocycles. The van der Waals surface area contributed by atoms with E-state index in [1.807, 2.05) is 19.4 Å². The van der Waals surface area contributed by atoms with Gasteiger partial charge in [0.1, 0.15) is 0 Å². The van der Waals surface area contributed by atoms with E-state index in [1.54, 1.807) is 4.68 Å². The lowest BCUT2D eigenvalue weighted by atomic mass is 9.83. The Balaban J connectivity index is 2.78. The Morgan fingerprint density at radius 3 is 2.25 bits per heavy atom. The van der Waals surface area contributed by atoms with Gasteiger partial charge >= 0.3 is 0 Å². The molecule has 4 nitrogen and oxygen atoms in total. The van der Waals surface area contributed by atoms with E-state index in [0.717, 1.165) is 37.9 Å². The molecule has 0 radical (unpaired) electrons. The molecular weight excluding hydrogens is 250 g/mol. The van der Waals surface area contributed by atoms with Crippen molar-refractivity contribution in [2.45, 2.75) is 58.9 Å². The summed E-state index contributed by atoms with van der Waals surface area (Å²) in [6.07, 6.45) is 7.00. The summed E-state index contributed by atoms with van der Waals surface area (Å²) in [7, 11) is 1.91. The monoisotopic (exact) mass is 279 g/mol. The second-order valence-corrected chi connectivity index (χ2v) is 5.36. The Hall–Kier alpha value is -1.16. The fourth-order valence-electron chi connectivity index (χ4n) is 3.19. The first-order chi connectivity index (χ1) is 9.53. The highest BCUT2D eigenvalue weighted by molar-refractivity contribution is 5.88. The zero-order valence-electron chi connectivity index (χ0n) is 13.6. The average molecular weight is 279 g/mol. The topological polar surface area (TPSA) is 38.1 Å². The summed E-state index contributed by atoms with van der Waals surface area (Å²) >= 11 is 0. The number of aromatic nitrogens is 2. The normalized spacial score (nSPS) is 12.1. The average Bonchev–Trinajstić information content (AvgIpc) is 2.88. The maximum atomic E-state index is 12.8. The Bertz CT molecular complexity index is 417. The van der Waals surface area contributed by atoms with Gasteiger partial charge in [-0.1, -0.05) is 27.7 Å². The summed E-state index contributed by atoms with van der Waals surface area (Å²) in [6, 6.07) is 0. The standard InChI is InChI=1S/C16H29N3O/c1-6-16(7-2,19(8-3)9-4)15(20)11-10-14-12-17-18(5)13-14/h12-13H,6-11H2,1-5H3. The van der Waals surface area contributed by atoms with E-state index in [9.17, 15) is 4.79 Å². The van der Waals surface area contributed by atoms with Crippen LogP contribution in [0.25, 0.3) is 0 Å². The maximum Gasteiger partial charge on any atom is 0.153 e. The number of nitrogens with zero attached hydrogens (tertiary/aromatic N) is 3. The van der Waals surface area contributed by atoms with Crippen LogP contribution in [0.3, 0.4) is 0 Å². The maximum absolute atomic E-state index is 12.8. The summed E-state index contributed by atoms with van der Waals surface area (Å²) < 4.78 is 1.79. The number of aryl methyl sites for hydroxylation is 2. The minimum absolute atomic E-state index is 0.286. The molecule has 0 aromatic carbocycles. The zero-order chi connectivity index (χ0) is 15.2. The Kier molecular flexibility index (Phi) is 6.40. The molecule has 1 aromatic rings. The number of likely N-dealkylation sites (N-methyl/N-ethyl adjacent to an activating group) is 1. The number of rotatable bonds is 9. The molecule has 0 fully saturated rings. The van der Waals surface area contributed by atoms with Crippen LogP contribution in [-0.2, 0) is 18.3 Å². The van der Waals surface area contributed by atoms with Crippen molar-refractivity contribution >= 4 is 5.78 Å². The molecule has 0 unspecified atom stereocenters. The number of carbonyl (C=O) groups excluding carboxylic acids is 1. The molecule has 0 amide bonds. The van der Waals surface area contributed by atoms with Crippen LogP contribution in [0.15, 0.2) is 12.4 Å². The molecule has 0 saturated heterocycles. The van der Waals surface area contributed by atoms with Crippen LogP contribution in [0.2, 0.25) is 0 Å². The first kappa shape index (κ1) is 16.9. The highest BCUT2D eigenvalue weighted by Gasteiger charge is 2.38. The van der Waals surface area contributed by atoms with Gasteiger partial charge in [0.25, 0.3) is 0 Å². The predicted octanol–water partition coefficient (Wildman–Crippen LogP) is 2.82. The lowest BCUT2D eigenvalue weighted by Gasteiger charge is -2.41.